The van der Waals surface area contributed by atoms with Crippen LogP contribution < -0.4 is 16.0 Å². The Bertz CT molecular complexity index is 1190. The Hall–Kier alpha value is -3.10. The first-order valence-electron chi connectivity index (χ1n) is 14.7. The van der Waals surface area contributed by atoms with E-state index in [1.165, 1.54) is 5.56 Å². The van der Waals surface area contributed by atoms with Gasteiger partial charge in [0.15, 0.2) is 0 Å². The molecular formula is C32H47N3O6. The van der Waals surface area contributed by atoms with Gasteiger partial charge in [-0.15, -0.1) is 0 Å². The summed E-state index contributed by atoms with van der Waals surface area (Å²) in [6, 6.07) is 10.1. The molecule has 1 aromatic rings. The number of nitrogens with one attached hydrogen (secondary N) is 3. The van der Waals surface area contributed by atoms with E-state index < -0.39 is 39.9 Å². The lowest BCUT2D eigenvalue weighted by Crippen LogP contribution is -2.54. The number of carbonyl (C=O) groups is 4. The highest BCUT2D eigenvalue weighted by molar-refractivity contribution is 5.95. The smallest absolute Gasteiger partial charge is 0.408 e. The van der Waals surface area contributed by atoms with Gasteiger partial charge in [-0.2, -0.15) is 0 Å². The molecule has 9 nitrogen and oxygen atoms in total. The molecule has 3 atom stereocenters. The Morgan fingerprint density at radius 1 is 0.829 bits per heavy atom. The number of ketones is 1. The number of benzene rings is 1. The van der Waals surface area contributed by atoms with Crippen LogP contribution in [0.5, 0.6) is 0 Å². The first kappa shape index (κ1) is 30.8. The average molecular weight is 570 g/mol. The van der Waals surface area contributed by atoms with Gasteiger partial charge in [0.25, 0.3) is 0 Å². The quantitative estimate of drug-likeness (QED) is 0.466. The van der Waals surface area contributed by atoms with Gasteiger partial charge in [0.2, 0.25) is 5.91 Å². The van der Waals surface area contributed by atoms with E-state index in [1.54, 1.807) is 0 Å². The minimum atomic E-state index is -0.538. The molecule has 0 radical (unpaired) electrons. The van der Waals surface area contributed by atoms with Gasteiger partial charge in [0.1, 0.15) is 17.0 Å². The van der Waals surface area contributed by atoms with Crippen LogP contribution in [0.2, 0.25) is 0 Å². The number of alkyl carbamates (subject to hydrolysis) is 2. The molecule has 226 valence electrons. The number of rotatable bonds is 4. The molecule has 9 heteroatoms. The summed E-state index contributed by atoms with van der Waals surface area (Å²) in [6.07, 6.45) is 3.95. The predicted octanol–water partition coefficient (Wildman–Crippen LogP) is 5.06. The summed E-state index contributed by atoms with van der Waals surface area (Å²) in [7, 11) is 0. The van der Waals surface area contributed by atoms with Gasteiger partial charge in [-0.05, 0) is 99.5 Å². The van der Waals surface area contributed by atoms with Gasteiger partial charge in [0.05, 0.1) is 21.9 Å². The van der Waals surface area contributed by atoms with E-state index in [0.29, 0.717) is 18.7 Å². The molecule has 4 aliphatic rings. The highest BCUT2D eigenvalue weighted by Crippen LogP contribution is 2.63. The zero-order valence-corrected chi connectivity index (χ0v) is 25.9. The second-order valence-corrected chi connectivity index (χ2v) is 14.7. The number of hydrogen-bond donors (Lipinski definition) is 3. The monoisotopic (exact) mass is 569 g/mol. The largest absolute Gasteiger partial charge is 0.444 e. The minimum Gasteiger partial charge on any atom is -0.444 e. The van der Waals surface area contributed by atoms with Crippen molar-refractivity contribution in [3.05, 3.63) is 35.9 Å². The van der Waals surface area contributed by atoms with Gasteiger partial charge in [0, 0.05) is 12.5 Å². The summed E-state index contributed by atoms with van der Waals surface area (Å²) in [4.78, 5) is 48.8. The van der Waals surface area contributed by atoms with Crippen molar-refractivity contribution in [1.82, 2.24) is 16.0 Å². The molecule has 3 unspecified atom stereocenters. The van der Waals surface area contributed by atoms with E-state index in [9.17, 15) is 19.2 Å². The molecule has 1 saturated heterocycles. The summed E-state index contributed by atoms with van der Waals surface area (Å²) in [5.74, 6) is 0.329. The third-order valence-corrected chi connectivity index (χ3v) is 9.03. The van der Waals surface area contributed by atoms with Crippen LogP contribution in [0.3, 0.4) is 0 Å². The van der Waals surface area contributed by atoms with Gasteiger partial charge in [-0.25, -0.2) is 9.59 Å². The zero-order chi connectivity index (χ0) is 30.5. The molecule has 0 aromatic heterocycles. The lowest BCUT2D eigenvalue weighted by atomic mass is 9.85. The van der Waals surface area contributed by atoms with Crippen LogP contribution in [0.1, 0.15) is 93.1 Å². The fourth-order valence-electron chi connectivity index (χ4n) is 6.57. The molecule has 4 fully saturated rings. The Labute approximate surface area is 243 Å². The van der Waals surface area contributed by atoms with Crippen molar-refractivity contribution < 1.29 is 28.7 Å². The number of Topliss-reactive ketones (excluding diaryl/α,β-unsaturated/α-hetero) is 1. The van der Waals surface area contributed by atoms with Crippen molar-refractivity contribution in [2.24, 2.45) is 16.7 Å². The Balaban J connectivity index is 0.000000201. The fraction of sp³-hybridized carbons (Fsp3) is 0.688. The Morgan fingerprint density at radius 3 is 1.78 bits per heavy atom. The minimum absolute atomic E-state index is 0.0326. The van der Waals surface area contributed by atoms with Crippen molar-refractivity contribution >= 4 is 23.9 Å². The topological polar surface area (TPSA) is 123 Å². The van der Waals surface area contributed by atoms with Crippen molar-refractivity contribution in [3.8, 4) is 0 Å². The van der Waals surface area contributed by atoms with Crippen LogP contribution in [-0.4, -0.2) is 52.7 Å². The maximum atomic E-state index is 13.0. The van der Waals surface area contributed by atoms with E-state index in [1.807, 2.05) is 73.6 Å². The molecule has 3 N–H and O–H groups in total. The van der Waals surface area contributed by atoms with Crippen LogP contribution >= 0.6 is 0 Å². The summed E-state index contributed by atoms with van der Waals surface area (Å²) in [6.45, 7) is 15.4. The van der Waals surface area contributed by atoms with Gasteiger partial charge >= 0.3 is 12.2 Å². The second-order valence-electron chi connectivity index (χ2n) is 14.7. The lowest BCUT2D eigenvalue weighted by Gasteiger charge is -2.33. The predicted molar refractivity (Wildman–Crippen MR) is 155 cm³/mol. The summed E-state index contributed by atoms with van der Waals surface area (Å²) in [5.41, 5.74) is -1.70. The molecule has 1 aliphatic heterocycles. The zero-order valence-electron chi connectivity index (χ0n) is 25.9. The van der Waals surface area contributed by atoms with Gasteiger partial charge in [-0.3, -0.25) is 9.59 Å². The molecule has 0 bridgehead atoms. The van der Waals surface area contributed by atoms with Crippen molar-refractivity contribution in [3.63, 3.8) is 0 Å². The molecule has 3 amide bonds. The molecule has 1 aromatic carbocycles. The molecule has 3 saturated carbocycles. The number of amides is 3. The Kier molecular flexibility index (Phi) is 7.76. The van der Waals surface area contributed by atoms with Crippen LogP contribution in [0.15, 0.2) is 30.3 Å². The molecule has 3 aliphatic carbocycles. The van der Waals surface area contributed by atoms with E-state index in [0.717, 1.165) is 32.1 Å². The van der Waals surface area contributed by atoms with Crippen molar-refractivity contribution in [2.45, 2.75) is 116 Å². The molecule has 5 rings (SSSR count). The fourth-order valence-corrected chi connectivity index (χ4v) is 6.57. The first-order valence-corrected chi connectivity index (χ1v) is 14.7. The number of ether oxygens (including phenoxy) is 2. The van der Waals surface area contributed by atoms with Crippen molar-refractivity contribution in [1.29, 1.82) is 0 Å². The summed E-state index contributed by atoms with van der Waals surface area (Å²) in [5, 5.41) is 8.70. The average Bonchev–Trinajstić information content (AvgIpc) is 3.73. The van der Waals surface area contributed by atoms with E-state index in [2.05, 4.69) is 28.1 Å². The third kappa shape index (κ3) is 6.38. The van der Waals surface area contributed by atoms with Gasteiger partial charge < -0.3 is 25.4 Å². The summed E-state index contributed by atoms with van der Waals surface area (Å²) >= 11 is 0. The molecule has 41 heavy (non-hydrogen) atoms. The Morgan fingerprint density at radius 2 is 1.32 bits per heavy atom. The second kappa shape index (κ2) is 10.3. The van der Waals surface area contributed by atoms with E-state index in [4.69, 9.17) is 9.47 Å². The van der Waals surface area contributed by atoms with Gasteiger partial charge in [-0.1, -0.05) is 30.3 Å². The normalized spacial score (nSPS) is 28.8. The maximum Gasteiger partial charge on any atom is 0.408 e. The highest BCUT2D eigenvalue weighted by Gasteiger charge is 2.69. The summed E-state index contributed by atoms with van der Waals surface area (Å²) < 4.78 is 10.6. The van der Waals surface area contributed by atoms with Crippen LogP contribution in [0, 0.1) is 16.7 Å². The van der Waals surface area contributed by atoms with Crippen LogP contribution in [-0.2, 0) is 25.5 Å². The number of carbonyl (C=O) groups excluding carboxylic acids is 4. The van der Waals surface area contributed by atoms with Crippen LogP contribution in [0.4, 0.5) is 9.59 Å². The van der Waals surface area contributed by atoms with Crippen molar-refractivity contribution in [2.75, 3.05) is 6.54 Å². The number of hydrogen-bond acceptors (Lipinski definition) is 6. The lowest BCUT2D eigenvalue weighted by molar-refractivity contribution is -0.126. The standard InChI is InChI=1S/C20H27NO3.C12H20N2O3/c1-18(2,3)24-17(23)21-19(4)13-15(16(22)20(19)10-11-20)12-14-8-6-5-7-9-14;1-10(2,3)17-9(16)14-11(4)7-13-8(15)12(11)5-6-12/h5-9,15H,10-13H2,1-4H3,(H,21,23);5-7H2,1-4H3,(H,13,15)(H,14,16). The van der Waals surface area contributed by atoms with E-state index in [-0.39, 0.29) is 17.2 Å². The van der Waals surface area contributed by atoms with E-state index >= 15 is 0 Å². The van der Waals surface area contributed by atoms with Crippen LogP contribution in [0.25, 0.3) is 0 Å². The SMILES string of the molecule is CC(C)(C)OC(=O)NC1(C)CC(Cc2ccccc2)C(=O)C12CC2.CC(C)(C)OC(=O)NC1(C)CNC(=O)C12CC2. The highest BCUT2D eigenvalue weighted by atomic mass is 16.6. The maximum absolute atomic E-state index is 13.0. The first-order chi connectivity index (χ1) is 18.8. The molecule has 1 heterocycles. The molecule has 2 spiro atoms. The molecular weight excluding hydrogens is 522 g/mol. The third-order valence-electron chi connectivity index (χ3n) is 9.03.